The Kier molecular flexibility index (Phi) is 4.59. The first kappa shape index (κ1) is 13.9. The van der Waals surface area contributed by atoms with Crippen molar-refractivity contribution >= 4 is 0 Å². The minimum atomic E-state index is -0.0297. The Bertz CT molecular complexity index is 708. The predicted molar refractivity (Wildman–Crippen MR) is 78.7 cm³/mol. The summed E-state index contributed by atoms with van der Waals surface area (Å²) in [5.74, 6) is 6.49. The molecule has 0 atom stereocenters. The molecule has 0 spiro atoms. The number of methoxy groups -OCH3 is 1. The Labute approximate surface area is 117 Å². The third kappa shape index (κ3) is 3.28. The van der Waals surface area contributed by atoms with Gasteiger partial charge in [-0.1, -0.05) is 24.0 Å². The van der Waals surface area contributed by atoms with Crippen LogP contribution < -0.4 is 16.0 Å². The van der Waals surface area contributed by atoms with Crippen molar-refractivity contribution in [2.45, 2.75) is 6.54 Å². The van der Waals surface area contributed by atoms with E-state index in [1.165, 1.54) is 0 Å². The Hall–Kier alpha value is -2.51. The van der Waals surface area contributed by atoms with Crippen molar-refractivity contribution in [2.24, 2.45) is 5.73 Å². The molecule has 0 amide bonds. The van der Waals surface area contributed by atoms with E-state index in [1.54, 1.807) is 30.0 Å². The number of hydrogen-bond acceptors (Lipinski definition) is 3. The van der Waals surface area contributed by atoms with Gasteiger partial charge in [0.2, 0.25) is 0 Å². The molecule has 1 aromatic heterocycles. The number of benzene rings is 1. The highest BCUT2D eigenvalue weighted by atomic mass is 16.5. The molecular weight excluding hydrogens is 252 g/mol. The second-order valence-corrected chi connectivity index (χ2v) is 4.21. The second kappa shape index (κ2) is 6.60. The average Bonchev–Trinajstić information content (AvgIpc) is 2.47. The van der Waals surface area contributed by atoms with Gasteiger partial charge in [-0.3, -0.25) is 4.79 Å². The number of hydrogen-bond donors (Lipinski definition) is 1. The fraction of sp³-hybridized carbons (Fsp3) is 0.188. The number of pyridine rings is 1. The standard InChI is InChI=1S/C16H16N2O2/c1-20-15-8-7-13(11-14(15)5-4-9-17)12-18-10-3-2-6-16(18)19/h2-3,6-8,10-11H,9,12,17H2,1H3. The van der Waals surface area contributed by atoms with Crippen LogP contribution in [0, 0.1) is 11.8 Å². The zero-order valence-electron chi connectivity index (χ0n) is 11.3. The molecule has 20 heavy (non-hydrogen) atoms. The van der Waals surface area contributed by atoms with Gasteiger partial charge in [-0.2, -0.15) is 0 Å². The van der Waals surface area contributed by atoms with Crippen LogP contribution in [0.5, 0.6) is 5.75 Å². The van der Waals surface area contributed by atoms with Crippen LogP contribution in [0.3, 0.4) is 0 Å². The van der Waals surface area contributed by atoms with Crippen molar-refractivity contribution < 1.29 is 4.74 Å². The summed E-state index contributed by atoms with van der Waals surface area (Å²) < 4.78 is 6.90. The Morgan fingerprint density at radius 3 is 2.85 bits per heavy atom. The van der Waals surface area contributed by atoms with E-state index < -0.39 is 0 Å². The highest BCUT2D eigenvalue weighted by molar-refractivity contribution is 5.48. The molecular formula is C16H16N2O2. The van der Waals surface area contributed by atoms with Gasteiger partial charge in [0.25, 0.3) is 5.56 Å². The predicted octanol–water partition coefficient (Wildman–Crippen LogP) is 1.22. The summed E-state index contributed by atoms with van der Waals surface area (Å²) in [6.07, 6.45) is 1.76. The molecule has 0 fully saturated rings. The summed E-state index contributed by atoms with van der Waals surface area (Å²) in [5.41, 5.74) is 7.12. The lowest BCUT2D eigenvalue weighted by molar-refractivity contribution is 0.413. The van der Waals surface area contributed by atoms with Crippen LogP contribution >= 0.6 is 0 Å². The van der Waals surface area contributed by atoms with E-state index in [9.17, 15) is 4.79 Å². The number of aromatic nitrogens is 1. The molecule has 1 aromatic carbocycles. The summed E-state index contributed by atoms with van der Waals surface area (Å²) in [6.45, 7) is 0.798. The van der Waals surface area contributed by atoms with E-state index in [0.29, 0.717) is 18.8 Å². The summed E-state index contributed by atoms with van der Waals surface area (Å²) in [5, 5.41) is 0. The Morgan fingerprint density at radius 2 is 2.15 bits per heavy atom. The fourth-order valence-corrected chi connectivity index (χ4v) is 1.89. The lowest BCUT2D eigenvalue weighted by Crippen LogP contribution is -2.18. The zero-order valence-corrected chi connectivity index (χ0v) is 11.3. The van der Waals surface area contributed by atoms with Crippen molar-refractivity contribution in [1.82, 2.24) is 4.57 Å². The average molecular weight is 268 g/mol. The quantitative estimate of drug-likeness (QED) is 0.851. The molecule has 0 bridgehead atoms. The van der Waals surface area contributed by atoms with Gasteiger partial charge in [0.1, 0.15) is 5.75 Å². The summed E-state index contributed by atoms with van der Waals surface area (Å²) >= 11 is 0. The number of ether oxygens (including phenoxy) is 1. The molecule has 4 heteroatoms. The molecule has 0 radical (unpaired) electrons. The molecule has 2 N–H and O–H groups in total. The lowest BCUT2D eigenvalue weighted by Gasteiger charge is -2.08. The molecule has 102 valence electrons. The van der Waals surface area contributed by atoms with E-state index in [2.05, 4.69) is 11.8 Å². The van der Waals surface area contributed by atoms with Crippen molar-refractivity contribution in [3.63, 3.8) is 0 Å². The normalized spacial score (nSPS) is 9.70. The minimum absolute atomic E-state index is 0.0297. The zero-order chi connectivity index (χ0) is 14.4. The summed E-state index contributed by atoms with van der Waals surface area (Å²) in [7, 11) is 1.60. The number of rotatable bonds is 3. The monoisotopic (exact) mass is 268 g/mol. The summed E-state index contributed by atoms with van der Waals surface area (Å²) in [4.78, 5) is 11.7. The van der Waals surface area contributed by atoms with Gasteiger partial charge in [0.05, 0.1) is 25.8 Å². The third-order valence-corrected chi connectivity index (χ3v) is 2.84. The highest BCUT2D eigenvalue weighted by Crippen LogP contribution is 2.19. The fourth-order valence-electron chi connectivity index (χ4n) is 1.89. The summed E-state index contributed by atoms with van der Waals surface area (Å²) in [6, 6.07) is 10.8. The lowest BCUT2D eigenvalue weighted by atomic mass is 10.1. The molecule has 0 aliphatic heterocycles. The Morgan fingerprint density at radius 1 is 1.30 bits per heavy atom. The van der Waals surface area contributed by atoms with Crippen LogP contribution in [0.1, 0.15) is 11.1 Å². The van der Waals surface area contributed by atoms with Crippen molar-refractivity contribution in [2.75, 3.05) is 13.7 Å². The Balaban J connectivity index is 2.34. The van der Waals surface area contributed by atoms with E-state index >= 15 is 0 Å². The second-order valence-electron chi connectivity index (χ2n) is 4.21. The van der Waals surface area contributed by atoms with Gasteiger partial charge in [-0.25, -0.2) is 0 Å². The first-order valence-corrected chi connectivity index (χ1v) is 6.26. The maximum Gasteiger partial charge on any atom is 0.250 e. The van der Waals surface area contributed by atoms with Gasteiger partial charge in [-0.15, -0.1) is 0 Å². The van der Waals surface area contributed by atoms with Gasteiger partial charge in [-0.05, 0) is 23.8 Å². The maximum atomic E-state index is 11.7. The maximum absolute atomic E-state index is 11.7. The van der Waals surface area contributed by atoms with E-state index in [-0.39, 0.29) is 5.56 Å². The van der Waals surface area contributed by atoms with Gasteiger partial charge >= 0.3 is 0 Å². The largest absolute Gasteiger partial charge is 0.495 e. The third-order valence-electron chi connectivity index (χ3n) is 2.84. The molecule has 0 unspecified atom stereocenters. The number of nitrogens with zero attached hydrogens (tertiary/aromatic N) is 1. The van der Waals surface area contributed by atoms with Crippen molar-refractivity contribution in [1.29, 1.82) is 0 Å². The van der Waals surface area contributed by atoms with Crippen LogP contribution in [-0.2, 0) is 6.54 Å². The van der Waals surface area contributed by atoms with E-state index in [4.69, 9.17) is 10.5 Å². The molecule has 0 aliphatic carbocycles. The van der Waals surface area contributed by atoms with Crippen molar-refractivity contribution in [3.05, 3.63) is 64.1 Å². The van der Waals surface area contributed by atoms with Gasteiger partial charge in [0.15, 0.2) is 0 Å². The van der Waals surface area contributed by atoms with E-state index in [1.807, 2.05) is 24.3 Å². The van der Waals surface area contributed by atoms with Crippen LogP contribution in [0.15, 0.2) is 47.4 Å². The van der Waals surface area contributed by atoms with Gasteiger partial charge in [0, 0.05) is 12.3 Å². The molecule has 0 saturated heterocycles. The topological polar surface area (TPSA) is 57.2 Å². The van der Waals surface area contributed by atoms with E-state index in [0.717, 1.165) is 11.1 Å². The molecule has 4 nitrogen and oxygen atoms in total. The molecule has 2 rings (SSSR count). The molecule has 0 aliphatic rings. The van der Waals surface area contributed by atoms with Crippen LogP contribution in [0.25, 0.3) is 0 Å². The SMILES string of the molecule is COc1ccc(Cn2ccccc2=O)cc1C#CCN. The molecule has 0 saturated carbocycles. The molecule has 1 heterocycles. The number of nitrogens with two attached hydrogens (primary N) is 1. The first-order valence-electron chi connectivity index (χ1n) is 6.26. The minimum Gasteiger partial charge on any atom is -0.495 e. The smallest absolute Gasteiger partial charge is 0.250 e. The molecule has 2 aromatic rings. The van der Waals surface area contributed by atoms with Crippen molar-refractivity contribution in [3.8, 4) is 17.6 Å². The van der Waals surface area contributed by atoms with Crippen LogP contribution in [0.4, 0.5) is 0 Å². The first-order chi connectivity index (χ1) is 9.74. The van der Waals surface area contributed by atoms with Crippen LogP contribution in [0.2, 0.25) is 0 Å². The highest BCUT2D eigenvalue weighted by Gasteiger charge is 2.03. The van der Waals surface area contributed by atoms with Gasteiger partial charge < -0.3 is 15.0 Å². The van der Waals surface area contributed by atoms with Crippen LogP contribution in [-0.4, -0.2) is 18.2 Å².